The predicted molar refractivity (Wildman–Crippen MR) is 98.0 cm³/mol. The molecule has 12 heteroatoms. The number of anilines is 1. The van der Waals surface area contributed by atoms with E-state index >= 15 is 0 Å². The molecule has 0 saturated carbocycles. The van der Waals surface area contributed by atoms with Crippen LogP contribution in [0.2, 0.25) is 0 Å². The van der Waals surface area contributed by atoms with Crippen LogP contribution in [0.3, 0.4) is 0 Å². The summed E-state index contributed by atoms with van der Waals surface area (Å²) >= 11 is 0. The second-order valence-corrected chi connectivity index (χ2v) is 8.69. The molecule has 0 spiro atoms. The Morgan fingerprint density at radius 2 is 1.69 bits per heavy atom. The number of nitrogens with zero attached hydrogens (tertiary/aromatic N) is 1. The minimum atomic E-state index is -4.76. The van der Waals surface area contributed by atoms with Gasteiger partial charge < -0.3 is 0 Å². The van der Waals surface area contributed by atoms with Crippen molar-refractivity contribution in [3.63, 3.8) is 0 Å². The van der Waals surface area contributed by atoms with Crippen LogP contribution in [-0.2, 0) is 16.0 Å². The Hall–Kier alpha value is -3.15. The molecule has 156 valence electrons. The molecule has 0 unspecified atom stereocenters. The summed E-state index contributed by atoms with van der Waals surface area (Å²) in [6.45, 7) is 3.02. The summed E-state index contributed by atoms with van der Waals surface area (Å²) < 4.78 is 62.3. The van der Waals surface area contributed by atoms with Crippen LogP contribution < -0.4 is 10.9 Å². The number of carbonyl (C=O) groups is 1. The Kier molecular flexibility index (Phi) is 6.16. The van der Waals surface area contributed by atoms with Gasteiger partial charge in [0.05, 0.1) is 20.6 Å². The van der Waals surface area contributed by atoms with E-state index in [2.05, 4.69) is 10.9 Å². The average molecular weight is 431 g/mol. The van der Waals surface area contributed by atoms with Gasteiger partial charge >= 0.3 is 6.18 Å². The van der Waals surface area contributed by atoms with Crippen LogP contribution in [0.1, 0.15) is 29.8 Å². The number of sulfone groups is 1. The molecule has 0 aromatic heterocycles. The number of halogens is 3. The number of alkyl halides is 3. The molecule has 0 heterocycles. The standard InChI is InChI=1S/C17H16F3N3O5S/c1-10(2)29(27,28)13-6-3-11(4-7-13)16(24)22-21-14-8-5-12(17(18,19)20)9-15(14)23(25)26/h3-10,21H,1-2H3,(H,22,24). The van der Waals surface area contributed by atoms with Gasteiger partial charge in [-0.1, -0.05) is 0 Å². The molecule has 0 aliphatic heterocycles. The topological polar surface area (TPSA) is 118 Å². The van der Waals surface area contributed by atoms with Crippen LogP contribution in [-0.4, -0.2) is 24.5 Å². The van der Waals surface area contributed by atoms with Crippen molar-refractivity contribution in [3.8, 4) is 0 Å². The zero-order valence-corrected chi connectivity index (χ0v) is 16.0. The lowest BCUT2D eigenvalue weighted by Gasteiger charge is -2.12. The molecule has 2 rings (SSSR count). The van der Waals surface area contributed by atoms with Crippen molar-refractivity contribution in [1.82, 2.24) is 5.43 Å². The summed E-state index contributed by atoms with van der Waals surface area (Å²) in [7, 11) is -3.52. The normalized spacial score (nSPS) is 11.9. The van der Waals surface area contributed by atoms with Gasteiger partial charge in [-0.15, -0.1) is 0 Å². The number of nitro groups is 1. The van der Waals surface area contributed by atoms with Crippen LogP contribution >= 0.6 is 0 Å². The maximum Gasteiger partial charge on any atom is 0.416 e. The largest absolute Gasteiger partial charge is 0.416 e. The van der Waals surface area contributed by atoms with Crippen LogP contribution in [0.5, 0.6) is 0 Å². The number of carbonyl (C=O) groups excluding carboxylic acids is 1. The number of hydrogen-bond acceptors (Lipinski definition) is 6. The first-order valence-corrected chi connectivity index (χ1v) is 9.64. The van der Waals surface area contributed by atoms with Crippen molar-refractivity contribution < 1.29 is 31.3 Å². The van der Waals surface area contributed by atoms with Gasteiger partial charge in [-0.3, -0.25) is 25.8 Å². The van der Waals surface area contributed by atoms with E-state index in [1.54, 1.807) is 0 Å². The van der Waals surface area contributed by atoms with Gasteiger partial charge in [-0.05, 0) is 50.2 Å². The third-order valence-electron chi connectivity index (χ3n) is 3.90. The lowest BCUT2D eigenvalue weighted by atomic mass is 10.1. The Morgan fingerprint density at radius 1 is 1.10 bits per heavy atom. The van der Waals surface area contributed by atoms with Crippen molar-refractivity contribution >= 4 is 27.1 Å². The molecule has 8 nitrogen and oxygen atoms in total. The fourth-order valence-corrected chi connectivity index (χ4v) is 3.29. The van der Waals surface area contributed by atoms with E-state index < -0.39 is 43.3 Å². The maximum atomic E-state index is 12.7. The van der Waals surface area contributed by atoms with Crippen LogP contribution in [0.25, 0.3) is 0 Å². The molecule has 1 amide bonds. The maximum absolute atomic E-state index is 12.7. The summed E-state index contributed by atoms with van der Waals surface area (Å²) in [5, 5.41) is 10.4. The van der Waals surface area contributed by atoms with Gasteiger partial charge in [0.25, 0.3) is 11.6 Å². The second-order valence-electron chi connectivity index (χ2n) is 6.18. The molecule has 2 aromatic carbocycles. The number of amides is 1. The van der Waals surface area contributed by atoms with Crippen LogP contribution in [0.4, 0.5) is 24.5 Å². The van der Waals surface area contributed by atoms with E-state index in [1.165, 1.54) is 38.1 Å². The number of rotatable bonds is 6. The van der Waals surface area contributed by atoms with Crippen molar-refractivity contribution in [2.24, 2.45) is 0 Å². The minimum Gasteiger partial charge on any atom is -0.292 e. The zero-order chi connectivity index (χ0) is 22.0. The number of nitrogens with one attached hydrogen (secondary N) is 2. The molecule has 0 saturated heterocycles. The molecule has 0 radical (unpaired) electrons. The van der Waals surface area contributed by atoms with Crippen molar-refractivity contribution in [3.05, 3.63) is 63.7 Å². The fraction of sp³-hybridized carbons (Fsp3) is 0.235. The van der Waals surface area contributed by atoms with Crippen molar-refractivity contribution in [1.29, 1.82) is 0 Å². The van der Waals surface area contributed by atoms with E-state index in [1.807, 2.05) is 0 Å². The molecule has 0 atom stereocenters. The molecule has 0 fully saturated rings. The van der Waals surface area contributed by atoms with Gasteiger partial charge in [0.15, 0.2) is 9.84 Å². The quantitative estimate of drug-likeness (QED) is 0.533. The van der Waals surface area contributed by atoms with Crippen LogP contribution in [0, 0.1) is 10.1 Å². The molecule has 2 N–H and O–H groups in total. The van der Waals surface area contributed by atoms with Gasteiger partial charge in [0.1, 0.15) is 5.69 Å². The van der Waals surface area contributed by atoms with Crippen molar-refractivity contribution in [2.75, 3.05) is 5.43 Å². The highest BCUT2D eigenvalue weighted by Gasteiger charge is 2.33. The second kappa shape index (κ2) is 8.07. The monoisotopic (exact) mass is 431 g/mol. The Balaban J connectivity index is 2.18. The number of hydrogen-bond donors (Lipinski definition) is 2. The first-order chi connectivity index (χ1) is 13.3. The third-order valence-corrected chi connectivity index (χ3v) is 6.07. The molecule has 0 aliphatic carbocycles. The Bertz CT molecular complexity index is 1040. The van der Waals surface area contributed by atoms with Gasteiger partial charge in [-0.2, -0.15) is 13.2 Å². The van der Waals surface area contributed by atoms with E-state index in [4.69, 9.17) is 0 Å². The first kappa shape index (κ1) is 22.1. The smallest absolute Gasteiger partial charge is 0.292 e. The summed E-state index contributed by atoms with van der Waals surface area (Å²) in [6.07, 6.45) is -4.76. The predicted octanol–water partition coefficient (Wildman–Crippen LogP) is 3.55. The molecule has 0 aliphatic rings. The highest BCUT2D eigenvalue weighted by atomic mass is 32.2. The Labute approximate surface area is 163 Å². The van der Waals surface area contributed by atoms with Crippen molar-refractivity contribution in [2.45, 2.75) is 30.2 Å². The van der Waals surface area contributed by atoms with Gasteiger partial charge in [0, 0.05) is 11.6 Å². The van der Waals surface area contributed by atoms with Gasteiger partial charge in [-0.25, -0.2) is 8.42 Å². The summed E-state index contributed by atoms with van der Waals surface area (Å²) in [6, 6.07) is 6.77. The van der Waals surface area contributed by atoms with Gasteiger partial charge in [0.2, 0.25) is 0 Å². The molecule has 29 heavy (non-hydrogen) atoms. The van der Waals surface area contributed by atoms with E-state index in [9.17, 15) is 36.5 Å². The van der Waals surface area contributed by atoms with Crippen LogP contribution in [0.15, 0.2) is 47.4 Å². The SMILES string of the molecule is CC(C)S(=O)(=O)c1ccc(C(=O)NNc2ccc(C(F)(F)F)cc2[N+](=O)[O-])cc1. The first-order valence-electron chi connectivity index (χ1n) is 8.10. The average Bonchev–Trinajstić information content (AvgIpc) is 2.65. The molecule has 2 aromatic rings. The van der Waals surface area contributed by atoms with E-state index in [-0.39, 0.29) is 16.1 Å². The Morgan fingerprint density at radius 3 is 2.17 bits per heavy atom. The number of nitro benzene ring substituents is 1. The highest BCUT2D eigenvalue weighted by molar-refractivity contribution is 7.92. The molecular weight excluding hydrogens is 415 g/mol. The van der Waals surface area contributed by atoms with E-state index in [0.717, 1.165) is 6.07 Å². The minimum absolute atomic E-state index is 0.0235. The lowest BCUT2D eigenvalue weighted by Crippen LogP contribution is -2.29. The molecule has 0 bridgehead atoms. The number of hydrazine groups is 1. The summed E-state index contributed by atoms with van der Waals surface area (Å²) in [4.78, 5) is 22.2. The molecular formula is C17H16F3N3O5S. The fourth-order valence-electron chi connectivity index (χ4n) is 2.23. The lowest BCUT2D eigenvalue weighted by molar-refractivity contribution is -0.384. The summed E-state index contributed by atoms with van der Waals surface area (Å²) in [5.74, 6) is -0.771. The zero-order valence-electron chi connectivity index (χ0n) is 15.1. The third kappa shape index (κ3) is 5.02. The number of benzene rings is 2. The highest BCUT2D eigenvalue weighted by Crippen LogP contribution is 2.34. The summed E-state index contributed by atoms with van der Waals surface area (Å²) in [5.41, 5.74) is 1.94. The van der Waals surface area contributed by atoms with E-state index in [0.29, 0.717) is 12.1 Å².